The molecule has 10 heavy (non-hydrogen) atoms. The van der Waals surface area contributed by atoms with E-state index in [0.717, 1.165) is 23.7 Å². The van der Waals surface area contributed by atoms with Gasteiger partial charge in [-0.1, -0.05) is 18.5 Å². The zero-order valence-electron chi connectivity index (χ0n) is 6.26. The van der Waals surface area contributed by atoms with E-state index in [9.17, 15) is 0 Å². The van der Waals surface area contributed by atoms with E-state index in [0.29, 0.717) is 0 Å². The van der Waals surface area contributed by atoms with Gasteiger partial charge in [0.2, 0.25) is 0 Å². The lowest BCUT2D eigenvalue weighted by molar-refractivity contribution is 0.660. The maximum absolute atomic E-state index is 5.93. The topological polar surface area (TPSA) is 17.8 Å². The lowest BCUT2D eigenvalue weighted by Crippen LogP contribution is -1.95. The summed E-state index contributed by atoms with van der Waals surface area (Å²) >= 11 is 5.93. The molecule has 0 N–H and O–H groups in total. The lowest BCUT2D eigenvalue weighted by Gasteiger charge is -1.96. The molecule has 1 aromatic rings. The number of hydrogen-bond acceptors (Lipinski definition) is 1. The van der Waals surface area contributed by atoms with Crippen molar-refractivity contribution in [3.63, 3.8) is 0 Å². The van der Waals surface area contributed by atoms with Crippen molar-refractivity contribution in [2.24, 2.45) is 0 Å². The molecule has 1 rings (SSSR count). The van der Waals surface area contributed by atoms with Crippen molar-refractivity contribution < 1.29 is 0 Å². The first kappa shape index (κ1) is 7.61. The number of nitrogens with zero attached hydrogens (tertiary/aromatic N) is 2. The molecule has 0 aromatic carbocycles. The van der Waals surface area contributed by atoms with Gasteiger partial charge in [-0.25, -0.2) is 0 Å². The minimum atomic E-state index is 0.782. The summed E-state index contributed by atoms with van der Waals surface area (Å²) in [5.74, 6) is 0. The fraction of sp³-hybridized carbons (Fsp3) is 0.571. The first-order chi connectivity index (χ1) is 4.79. The van der Waals surface area contributed by atoms with E-state index < -0.39 is 0 Å². The van der Waals surface area contributed by atoms with Crippen LogP contribution in [-0.2, 0) is 13.0 Å². The van der Waals surface area contributed by atoms with Gasteiger partial charge < -0.3 is 0 Å². The first-order valence-electron chi connectivity index (χ1n) is 3.49. The zero-order chi connectivity index (χ0) is 7.56. The zero-order valence-corrected chi connectivity index (χ0v) is 7.02. The van der Waals surface area contributed by atoms with Crippen molar-refractivity contribution >= 4 is 11.6 Å². The van der Waals surface area contributed by atoms with Gasteiger partial charge in [0.15, 0.2) is 0 Å². The highest BCUT2D eigenvalue weighted by atomic mass is 35.5. The minimum Gasteiger partial charge on any atom is -0.254 e. The molecule has 0 aliphatic rings. The summed E-state index contributed by atoms with van der Waals surface area (Å²) in [7, 11) is 0. The Morgan fingerprint density at radius 2 is 2.30 bits per heavy atom. The minimum absolute atomic E-state index is 0.782. The van der Waals surface area contributed by atoms with Crippen LogP contribution in [0.4, 0.5) is 0 Å². The third kappa shape index (κ3) is 1.16. The second-order valence-electron chi connectivity index (χ2n) is 2.13. The van der Waals surface area contributed by atoms with Gasteiger partial charge in [-0.05, 0) is 13.3 Å². The highest BCUT2D eigenvalue weighted by Gasteiger charge is 2.03. The first-order valence-corrected chi connectivity index (χ1v) is 3.87. The Morgan fingerprint density at radius 3 is 2.60 bits per heavy atom. The third-order valence-electron chi connectivity index (χ3n) is 1.52. The second kappa shape index (κ2) is 3.06. The van der Waals surface area contributed by atoms with Gasteiger partial charge in [-0.3, -0.25) is 4.68 Å². The van der Waals surface area contributed by atoms with E-state index in [1.54, 1.807) is 4.68 Å². The molecule has 1 aromatic heterocycles. The van der Waals surface area contributed by atoms with Gasteiger partial charge >= 0.3 is 0 Å². The monoisotopic (exact) mass is 158 g/mol. The highest BCUT2D eigenvalue weighted by Crippen LogP contribution is 2.14. The average Bonchev–Trinajstić information content (AvgIpc) is 2.30. The number of aryl methyl sites for hydroxylation is 2. The van der Waals surface area contributed by atoms with Crippen LogP contribution < -0.4 is 0 Å². The smallest absolute Gasteiger partial charge is 0.130 e. The molecule has 3 heteroatoms. The van der Waals surface area contributed by atoms with Gasteiger partial charge in [0, 0.05) is 12.1 Å². The Bertz CT molecular complexity index is 196. The molecule has 0 spiro atoms. The molecule has 0 fully saturated rings. The number of rotatable bonds is 2. The number of halogens is 1. The van der Waals surface area contributed by atoms with Crippen LogP contribution in [0.2, 0.25) is 5.15 Å². The van der Waals surface area contributed by atoms with Gasteiger partial charge in [0.1, 0.15) is 5.15 Å². The fourth-order valence-corrected chi connectivity index (χ4v) is 1.21. The summed E-state index contributed by atoms with van der Waals surface area (Å²) in [5, 5.41) is 4.87. The van der Waals surface area contributed by atoms with Gasteiger partial charge in [-0.15, -0.1) is 0 Å². The maximum atomic E-state index is 5.93. The summed E-state index contributed by atoms with van der Waals surface area (Å²) in [6.45, 7) is 4.94. The Labute approximate surface area is 65.8 Å². The molecule has 1 heterocycles. The summed E-state index contributed by atoms with van der Waals surface area (Å²) < 4.78 is 1.79. The molecule has 0 aliphatic heterocycles. The molecular weight excluding hydrogens is 148 g/mol. The van der Waals surface area contributed by atoms with Crippen molar-refractivity contribution in [1.29, 1.82) is 0 Å². The average molecular weight is 159 g/mol. The van der Waals surface area contributed by atoms with Crippen LogP contribution in [0.3, 0.4) is 0 Å². The van der Waals surface area contributed by atoms with E-state index in [1.807, 2.05) is 13.1 Å². The summed E-state index contributed by atoms with van der Waals surface area (Å²) in [4.78, 5) is 0. The predicted octanol–water partition coefficient (Wildman–Crippen LogP) is 2.12. The summed E-state index contributed by atoms with van der Waals surface area (Å²) in [6, 6.07) is 0. The van der Waals surface area contributed by atoms with E-state index in [1.165, 1.54) is 0 Å². The van der Waals surface area contributed by atoms with E-state index in [-0.39, 0.29) is 0 Å². The van der Waals surface area contributed by atoms with Crippen molar-refractivity contribution in [1.82, 2.24) is 9.78 Å². The normalized spacial score (nSPS) is 10.3. The van der Waals surface area contributed by atoms with E-state index >= 15 is 0 Å². The number of aromatic nitrogens is 2. The maximum Gasteiger partial charge on any atom is 0.130 e. The van der Waals surface area contributed by atoms with Gasteiger partial charge in [0.05, 0.1) is 6.20 Å². The summed E-state index contributed by atoms with van der Waals surface area (Å²) in [5.41, 5.74) is 1.13. The van der Waals surface area contributed by atoms with Crippen LogP contribution in [-0.4, -0.2) is 9.78 Å². The lowest BCUT2D eigenvalue weighted by atomic mass is 10.3. The molecule has 0 saturated heterocycles. The van der Waals surface area contributed by atoms with Crippen LogP contribution in [0.5, 0.6) is 0 Å². The number of hydrogen-bond donors (Lipinski definition) is 0. The Morgan fingerprint density at radius 1 is 1.60 bits per heavy atom. The van der Waals surface area contributed by atoms with E-state index in [2.05, 4.69) is 12.0 Å². The van der Waals surface area contributed by atoms with Crippen LogP contribution in [0.1, 0.15) is 19.4 Å². The van der Waals surface area contributed by atoms with Crippen LogP contribution in [0.25, 0.3) is 0 Å². The summed E-state index contributed by atoms with van der Waals surface area (Å²) in [6.07, 6.45) is 2.78. The van der Waals surface area contributed by atoms with Crippen LogP contribution in [0, 0.1) is 0 Å². The molecule has 0 amide bonds. The molecule has 0 aliphatic carbocycles. The standard InChI is InChI=1S/C7H11ClN2/c1-3-6-5-9-10(4-2)7(6)8/h5H,3-4H2,1-2H3. The van der Waals surface area contributed by atoms with E-state index in [4.69, 9.17) is 11.6 Å². The largest absolute Gasteiger partial charge is 0.254 e. The van der Waals surface area contributed by atoms with Crippen molar-refractivity contribution in [2.75, 3.05) is 0 Å². The molecule has 56 valence electrons. The van der Waals surface area contributed by atoms with Crippen LogP contribution >= 0.6 is 11.6 Å². The second-order valence-corrected chi connectivity index (χ2v) is 2.49. The SMILES string of the molecule is CCc1cnn(CC)c1Cl. The third-order valence-corrected chi connectivity index (χ3v) is 1.96. The molecular formula is C7H11ClN2. The molecule has 0 atom stereocenters. The Hall–Kier alpha value is -0.500. The predicted molar refractivity (Wildman–Crippen MR) is 42.3 cm³/mol. The van der Waals surface area contributed by atoms with Crippen molar-refractivity contribution in [3.8, 4) is 0 Å². The molecule has 0 bridgehead atoms. The molecule has 0 unspecified atom stereocenters. The molecule has 0 saturated carbocycles. The molecule has 2 nitrogen and oxygen atoms in total. The molecule has 0 radical (unpaired) electrons. The van der Waals surface area contributed by atoms with Gasteiger partial charge in [0.25, 0.3) is 0 Å². The van der Waals surface area contributed by atoms with Gasteiger partial charge in [-0.2, -0.15) is 5.10 Å². The Kier molecular flexibility index (Phi) is 2.33. The fourth-order valence-electron chi connectivity index (χ4n) is 0.867. The van der Waals surface area contributed by atoms with Crippen molar-refractivity contribution in [3.05, 3.63) is 16.9 Å². The Balaban J connectivity index is 2.97. The highest BCUT2D eigenvalue weighted by molar-refractivity contribution is 6.30. The quantitative estimate of drug-likeness (QED) is 0.645. The van der Waals surface area contributed by atoms with Crippen molar-refractivity contribution in [2.45, 2.75) is 26.8 Å². The van der Waals surface area contributed by atoms with Crippen LogP contribution in [0.15, 0.2) is 6.20 Å².